The van der Waals surface area contributed by atoms with Gasteiger partial charge in [0.1, 0.15) is 10.8 Å². The molecule has 4 heteroatoms. The third-order valence-electron chi connectivity index (χ3n) is 2.40. The first-order chi connectivity index (χ1) is 7.74. The summed E-state index contributed by atoms with van der Waals surface area (Å²) in [6.07, 6.45) is 0.911. The van der Waals surface area contributed by atoms with Gasteiger partial charge in [-0.15, -0.1) is 11.3 Å². The van der Waals surface area contributed by atoms with E-state index >= 15 is 0 Å². The number of aryl methyl sites for hydroxylation is 1. The van der Waals surface area contributed by atoms with Crippen LogP contribution in [0.25, 0.3) is 10.6 Å². The monoisotopic (exact) mass is 235 g/mol. The Morgan fingerprint density at radius 3 is 2.81 bits per heavy atom. The second-order valence-electron chi connectivity index (χ2n) is 3.39. The predicted molar refractivity (Wildman–Crippen MR) is 65.1 cm³/mol. The van der Waals surface area contributed by atoms with Crippen molar-refractivity contribution in [3.8, 4) is 22.2 Å². The van der Waals surface area contributed by atoms with Gasteiger partial charge in [-0.05, 0) is 30.2 Å². The van der Waals surface area contributed by atoms with Gasteiger partial charge in [-0.25, -0.2) is 4.98 Å². The molecule has 0 spiro atoms. The maximum Gasteiger partial charge on any atom is 0.222 e. The van der Waals surface area contributed by atoms with E-state index in [0.717, 1.165) is 28.3 Å². The lowest BCUT2D eigenvalue weighted by Crippen LogP contribution is -1.90. The smallest absolute Gasteiger partial charge is 0.222 e. The zero-order valence-corrected chi connectivity index (χ0v) is 10.0. The van der Waals surface area contributed by atoms with Gasteiger partial charge in [0.05, 0.1) is 12.5 Å². The van der Waals surface area contributed by atoms with E-state index in [9.17, 15) is 5.11 Å². The lowest BCUT2D eigenvalue weighted by Gasteiger charge is -2.07. The van der Waals surface area contributed by atoms with E-state index in [1.807, 2.05) is 12.1 Å². The third kappa shape index (κ3) is 2.02. The molecule has 0 unspecified atom stereocenters. The number of thiazole rings is 1. The average Bonchev–Trinajstić information content (AvgIpc) is 2.75. The van der Waals surface area contributed by atoms with Gasteiger partial charge in [-0.3, -0.25) is 0 Å². The van der Waals surface area contributed by atoms with Gasteiger partial charge in [-0.1, -0.05) is 6.92 Å². The normalized spacial score (nSPS) is 10.4. The molecule has 0 aliphatic heterocycles. The van der Waals surface area contributed by atoms with Crippen LogP contribution in [0.15, 0.2) is 23.6 Å². The molecule has 2 aromatic rings. The van der Waals surface area contributed by atoms with E-state index in [1.54, 1.807) is 12.5 Å². The zero-order chi connectivity index (χ0) is 11.5. The summed E-state index contributed by atoms with van der Waals surface area (Å²) >= 11 is 1.43. The number of aromatic hydroxyl groups is 1. The zero-order valence-electron chi connectivity index (χ0n) is 9.23. The summed E-state index contributed by atoms with van der Waals surface area (Å²) in [5.74, 6) is 0.973. The number of rotatable bonds is 3. The van der Waals surface area contributed by atoms with Crippen LogP contribution < -0.4 is 4.74 Å². The van der Waals surface area contributed by atoms with Gasteiger partial charge in [0.2, 0.25) is 5.88 Å². The standard InChI is InChI=1S/C12H13NO2S/c1-3-8-6-9(4-5-10(8)15-2)12-13-11(14)7-16-12/h4-7,14H,3H2,1-2H3. The van der Waals surface area contributed by atoms with Crippen molar-refractivity contribution in [2.45, 2.75) is 13.3 Å². The fourth-order valence-electron chi connectivity index (χ4n) is 1.59. The van der Waals surface area contributed by atoms with Gasteiger partial charge < -0.3 is 9.84 Å². The highest BCUT2D eigenvalue weighted by Gasteiger charge is 2.07. The molecule has 3 nitrogen and oxygen atoms in total. The van der Waals surface area contributed by atoms with Crippen LogP contribution in [-0.4, -0.2) is 17.2 Å². The molecule has 0 saturated heterocycles. The van der Waals surface area contributed by atoms with Crippen LogP contribution in [0.5, 0.6) is 11.6 Å². The van der Waals surface area contributed by atoms with Crippen molar-refractivity contribution in [2.75, 3.05) is 7.11 Å². The van der Waals surface area contributed by atoms with E-state index in [2.05, 4.69) is 18.0 Å². The SMILES string of the molecule is CCc1cc(-c2nc(O)cs2)ccc1OC. The number of hydrogen-bond acceptors (Lipinski definition) is 4. The first-order valence-corrected chi connectivity index (χ1v) is 5.94. The Hall–Kier alpha value is -1.55. The molecule has 1 aromatic carbocycles. The molecule has 1 heterocycles. The highest BCUT2D eigenvalue weighted by atomic mass is 32.1. The number of benzene rings is 1. The average molecular weight is 235 g/mol. The summed E-state index contributed by atoms with van der Waals surface area (Å²) in [6, 6.07) is 5.94. The van der Waals surface area contributed by atoms with Gasteiger partial charge in [0.15, 0.2) is 0 Å². The van der Waals surface area contributed by atoms with Gasteiger partial charge in [0.25, 0.3) is 0 Å². The predicted octanol–water partition coefficient (Wildman–Crippen LogP) is 3.09. The first kappa shape index (κ1) is 11.0. The molecule has 1 N–H and O–H groups in total. The largest absolute Gasteiger partial charge is 0.496 e. The quantitative estimate of drug-likeness (QED) is 0.889. The van der Waals surface area contributed by atoms with Crippen LogP contribution in [0.3, 0.4) is 0 Å². The Balaban J connectivity index is 2.43. The number of hydrogen-bond donors (Lipinski definition) is 1. The Morgan fingerprint density at radius 1 is 1.44 bits per heavy atom. The molecular formula is C12H13NO2S. The topological polar surface area (TPSA) is 42.4 Å². The van der Waals surface area contributed by atoms with E-state index in [1.165, 1.54) is 11.3 Å². The molecule has 16 heavy (non-hydrogen) atoms. The summed E-state index contributed by atoms with van der Waals surface area (Å²) in [5.41, 5.74) is 2.16. The molecule has 2 rings (SSSR count). The van der Waals surface area contributed by atoms with Gasteiger partial charge in [0, 0.05) is 5.56 Å². The van der Waals surface area contributed by atoms with Crippen molar-refractivity contribution >= 4 is 11.3 Å². The van der Waals surface area contributed by atoms with Crippen LogP contribution in [-0.2, 0) is 6.42 Å². The minimum Gasteiger partial charge on any atom is -0.496 e. The first-order valence-electron chi connectivity index (χ1n) is 5.06. The fourth-order valence-corrected chi connectivity index (χ4v) is 2.26. The molecular weight excluding hydrogens is 222 g/mol. The molecule has 0 atom stereocenters. The van der Waals surface area contributed by atoms with E-state index in [0.29, 0.717) is 0 Å². The second-order valence-corrected chi connectivity index (χ2v) is 4.25. The lowest BCUT2D eigenvalue weighted by atomic mass is 10.1. The molecule has 0 fully saturated rings. The van der Waals surface area contributed by atoms with Crippen molar-refractivity contribution in [3.05, 3.63) is 29.1 Å². The van der Waals surface area contributed by atoms with Crippen LogP contribution in [0.4, 0.5) is 0 Å². The second kappa shape index (κ2) is 4.53. The lowest BCUT2D eigenvalue weighted by molar-refractivity contribution is 0.410. The van der Waals surface area contributed by atoms with Crippen molar-refractivity contribution < 1.29 is 9.84 Å². The number of aromatic nitrogens is 1. The minimum absolute atomic E-state index is 0.0777. The van der Waals surface area contributed by atoms with Gasteiger partial charge >= 0.3 is 0 Å². The highest BCUT2D eigenvalue weighted by molar-refractivity contribution is 7.13. The maximum atomic E-state index is 9.22. The van der Waals surface area contributed by atoms with Crippen LogP contribution in [0, 0.1) is 0 Å². The molecule has 0 aliphatic rings. The Labute approximate surface area is 98.4 Å². The number of ether oxygens (including phenoxy) is 1. The summed E-state index contributed by atoms with van der Waals surface area (Å²) in [7, 11) is 1.67. The molecule has 0 amide bonds. The highest BCUT2D eigenvalue weighted by Crippen LogP contribution is 2.30. The Kier molecular flexibility index (Phi) is 3.10. The molecule has 0 radical (unpaired) electrons. The van der Waals surface area contributed by atoms with Crippen molar-refractivity contribution in [1.82, 2.24) is 4.98 Å². The molecule has 0 aliphatic carbocycles. The maximum absolute atomic E-state index is 9.22. The van der Waals surface area contributed by atoms with Crippen LogP contribution >= 0.6 is 11.3 Å². The molecule has 1 aromatic heterocycles. The Morgan fingerprint density at radius 2 is 2.25 bits per heavy atom. The van der Waals surface area contributed by atoms with E-state index < -0.39 is 0 Å². The fraction of sp³-hybridized carbons (Fsp3) is 0.250. The molecule has 84 valence electrons. The van der Waals surface area contributed by atoms with Crippen molar-refractivity contribution in [1.29, 1.82) is 0 Å². The minimum atomic E-state index is 0.0777. The van der Waals surface area contributed by atoms with E-state index in [4.69, 9.17) is 4.74 Å². The van der Waals surface area contributed by atoms with Crippen molar-refractivity contribution in [3.63, 3.8) is 0 Å². The summed E-state index contributed by atoms with van der Waals surface area (Å²) in [5, 5.41) is 11.7. The summed E-state index contributed by atoms with van der Waals surface area (Å²) in [4.78, 5) is 4.05. The van der Waals surface area contributed by atoms with Crippen LogP contribution in [0.1, 0.15) is 12.5 Å². The summed E-state index contributed by atoms with van der Waals surface area (Å²) in [6.45, 7) is 2.08. The van der Waals surface area contributed by atoms with Gasteiger partial charge in [-0.2, -0.15) is 0 Å². The number of nitrogens with zero attached hydrogens (tertiary/aromatic N) is 1. The third-order valence-corrected chi connectivity index (χ3v) is 3.28. The number of methoxy groups -OCH3 is 1. The van der Waals surface area contributed by atoms with E-state index in [-0.39, 0.29) is 5.88 Å². The Bertz CT molecular complexity index is 494. The molecule has 0 saturated carbocycles. The van der Waals surface area contributed by atoms with Crippen LogP contribution in [0.2, 0.25) is 0 Å². The molecule has 0 bridgehead atoms. The van der Waals surface area contributed by atoms with Crippen molar-refractivity contribution in [2.24, 2.45) is 0 Å². The summed E-state index contributed by atoms with van der Waals surface area (Å²) < 4.78 is 5.27.